The van der Waals surface area contributed by atoms with Gasteiger partial charge in [0.05, 0.1) is 42.4 Å². The van der Waals surface area contributed by atoms with Crippen LogP contribution in [0.1, 0.15) is 76.1 Å². The lowest BCUT2D eigenvalue weighted by Gasteiger charge is -2.29. The molecule has 8 nitrogen and oxygen atoms in total. The molecule has 1 amide bonds. The van der Waals surface area contributed by atoms with Gasteiger partial charge in [0.15, 0.2) is 0 Å². The summed E-state index contributed by atoms with van der Waals surface area (Å²) in [6, 6.07) is 16.7. The highest BCUT2D eigenvalue weighted by molar-refractivity contribution is 6.30. The molecule has 2 aromatic carbocycles. The predicted octanol–water partition coefficient (Wildman–Crippen LogP) is 6.96. The van der Waals surface area contributed by atoms with Crippen LogP contribution in [0, 0.1) is 6.92 Å². The van der Waals surface area contributed by atoms with Crippen molar-refractivity contribution in [1.29, 1.82) is 0 Å². The summed E-state index contributed by atoms with van der Waals surface area (Å²) in [4.78, 5) is 27.7. The summed E-state index contributed by atoms with van der Waals surface area (Å²) < 4.78 is 7.86. The van der Waals surface area contributed by atoms with Crippen molar-refractivity contribution >= 4 is 45.0 Å². The molecular formula is C35H35ClN6O2. The number of amides is 1. The second-order valence-corrected chi connectivity index (χ2v) is 13.0. The second-order valence-electron chi connectivity index (χ2n) is 12.6. The zero-order valence-corrected chi connectivity index (χ0v) is 25.8. The van der Waals surface area contributed by atoms with Gasteiger partial charge in [0, 0.05) is 45.5 Å². The SMILES string of the molecule is Cc1c2ccc(N(Cc3ccc4c5c(c(Cl)nc4c3)COC5)C(=O)c3ccc(C4CC4)nc3)cc2nn1C1CCN(C)CC1. The van der Waals surface area contributed by atoms with Crippen LogP contribution in [-0.4, -0.2) is 50.7 Å². The number of halogens is 1. The zero-order chi connectivity index (χ0) is 29.9. The van der Waals surface area contributed by atoms with Crippen LogP contribution < -0.4 is 4.90 Å². The van der Waals surface area contributed by atoms with Crippen LogP contribution in [0.15, 0.2) is 54.7 Å². The van der Waals surface area contributed by atoms with Gasteiger partial charge in [-0.3, -0.25) is 14.5 Å². The number of aryl methyl sites for hydroxylation is 1. The number of carbonyl (C=O) groups is 1. The van der Waals surface area contributed by atoms with E-state index in [2.05, 4.69) is 57.8 Å². The minimum absolute atomic E-state index is 0.0980. The number of fused-ring (bicyclic) bond motifs is 4. The highest BCUT2D eigenvalue weighted by atomic mass is 35.5. The molecule has 0 atom stereocenters. The average Bonchev–Trinajstić information content (AvgIpc) is 3.68. The summed E-state index contributed by atoms with van der Waals surface area (Å²) >= 11 is 6.53. The largest absolute Gasteiger partial charge is 0.372 e. The van der Waals surface area contributed by atoms with Crippen LogP contribution in [0.5, 0.6) is 0 Å². The average molecular weight is 607 g/mol. The van der Waals surface area contributed by atoms with Crippen molar-refractivity contribution in [3.8, 4) is 0 Å². The van der Waals surface area contributed by atoms with E-state index in [0.29, 0.717) is 42.4 Å². The van der Waals surface area contributed by atoms with Crippen LogP contribution in [0.25, 0.3) is 21.8 Å². The number of aromatic nitrogens is 4. The first-order valence-electron chi connectivity index (χ1n) is 15.6. The van der Waals surface area contributed by atoms with Gasteiger partial charge in [-0.2, -0.15) is 5.10 Å². The van der Waals surface area contributed by atoms with E-state index in [0.717, 1.165) is 75.8 Å². The van der Waals surface area contributed by atoms with Gasteiger partial charge in [-0.05, 0) is 100 Å². The Balaban J connectivity index is 1.17. The Morgan fingerprint density at radius 2 is 1.77 bits per heavy atom. The molecule has 1 aliphatic carbocycles. The Hall–Kier alpha value is -3.85. The molecule has 2 fully saturated rings. The molecule has 0 radical (unpaired) electrons. The molecule has 0 spiro atoms. The first kappa shape index (κ1) is 27.7. The van der Waals surface area contributed by atoms with Crippen molar-refractivity contribution < 1.29 is 9.53 Å². The number of hydrogen-bond acceptors (Lipinski definition) is 6. The molecule has 0 bridgehead atoms. The minimum Gasteiger partial charge on any atom is -0.372 e. The number of likely N-dealkylation sites (tertiary alicyclic amines) is 1. The van der Waals surface area contributed by atoms with Gasteiger partial charge < -0.3 is 14.5 Å². The minimum atomic E-state index is -0.0980. The van der Waals surface area contributed by atoms with Gasteiger partial charge in [-0.1, -0.05) is 23.7 Å². The summed E-state index contributed by atoms with van der Waals surface area (Å²) in [5.74, 6) is 0.434. The number of ether oxygens (including phenoxy) is 1. The fourth-order valence-corrected chi connectivity index (χ4v) is 7.07. The first-order chi connectivity index (χ1) is 21.4. The standard InChI is InChI=1S/C35H35ClN6O2/c1-21-27-9-7-26(16-33(27)39-42(21)25-11-13-40(2)14-12-25)41(35(43)24-6-10-31(37-17-24)23-4-5-23)18-22-3-8-28-29-19-44-20-30(29)34(36)38-32(28)15-22/h3,6-10,15-17,23,25H,4-5,11-14,18-20H2,1-2H3. The number of anilines is 1. The lowest BCUT2D eigenvalue weighted by atomic mass is 10.0. The van der Waals surface area contributed by atoms with E-state index in [1.807, 2.05) is 29.2 Å². The van der Waals surface area contributed by atoms with E-state index in [1.165, 1.54) is 18.5 Å². The fourth-order valence-electron chi connectivity index (χ4n) is 6.81. The van der Waals surface area contributed by atoms with Crippen LogP contribution in [-0.2, 0) is 24.5 Å². The van der Waals surface area contributed by atoms with Gasteiger partial charge in [0.1, 0.15) is 5.15 Å². The van der Waals surface area contributed by atoms with Crippen molar-refractivity contribution in [2.45, 2.75) is 64.3 Å². The molecule has 5 aromatic rings. The van der Waals surface area contributed by atoms with Crippen molar-refractivity contribution in [2.24, 2.45) is 0 Å². The van der Waals surface area contributed by atoms with E-state index in [4.69, 9.17) is 21.4 Å². The topological polar surface area (TPSA) is 76.4 Å². The van der Waals surface area contributed by atoms with E-state index in [9.17, 15) is 4.79 Å². The number of hydrogen-bond donors (Lipinski definition) is 0. The second kappa shape index (κ2) is 10.9. The van der Waals surface area contributed by atoms with Gasteiger partial charge in [-0.25, -0.2) is 4.98 Å². The van der Waals surface area contributed by atoms with Gasteiger partial charge >= 0.3 is 0 Å². The molecule has 0 unspecified atom stereocenters. The fraction of sp³-hybridized carbons (Fsp3) is 0.371. The Morgan fingerprint density at radius 3 is 2.55 bits per heavy atom. The maximum Gasteiger partial charge on any atom is 0.260 e. The number of pyridine rings is 2. The Bertz CT molecular complexity index is 1910. The molecule has 3 aromatic heterocycles. The van der Waals surface area contributed by atoms with Gasteiger partial charge in [0.2, 0.25) is 0 Å². The quantitative estimate of drug-likeness (QED) is 0.194. The molecular weight excluding hydrogens is 572 g/mol. The van der Waals surface area contributed by atoms with Gasteiger partial charge in [0.25, 0.3) is 5.91 Å². The summed E-state index contributed by atoms with van der Waals surface area (Å²) in [5.41, 5.74) is 8.35. The summed E-state index contributed by atoms with van der Waals surface area (Å²) in [5, 5.41) is 7.72. The van der Waals surface area contributed by atoms with E-state index in [1.54, 1.807) is 6.20 Å². The highest BCUT2D eigenvalue weighted by Crippen LogP contribution is 2.39. The Labute approximate surface area is 261 Å². The molecule has 1 saturated heterocycles. The maximum absolute atomic E-state index is 14.2. The van der Waals surface area contributed by atoms with E-state index in [-0.39, 0.29) is 5.91 Å². The number of piperidine rings is 1. The van der Waals surface area contributed by atoms with Crippen LogP contribution in [0.4, 0.5) is 5.69 Å². The summed E-state index contributed by atoms with van der Waals surface area (Å²) in [6.07, 6.45) is 6.24. The maximum atomic E-state index is 14.2. The lowest BCUT2D eigenvalue weighted by Crippen LogP contribution is -2.32. The normalized spacial score (nSPS) is 17.4. The van der Waals surface area contributed by atoms with Crippen molar-refractivity contribution in [1.82, 2.24) is 24.6 Å². The molecule has 8 rings (SSSR count). The van der Waals surface area contributed by atoms with Crippen LogP contribution >= 0.6 is 11.6 Å². The molecule has 5 heterocycles. The molecule has 0 N–H and O–H groups in total. The third kappa shape index (κ3) is 4.95. The lowest BCUT2D eigenvalue weighted by molar-refractivity contribution is 0.0984. The molecule has 224 valence electrons. The molecule has 1 saturated carbocycles. The van der Waals surface area contributed by atoms with Crippen molar-refractivity contribution in [3.05, 3.63) is 93.5 Å². The van der Waals surface area contributed by atoms with Crippen LogP contribution in [0.3, 0.4) is 0 Å². The summed E-state index contributed by atoms with van der Waals surface area (Å²) in [6.45, 7) is 5.69. The molecule has 44 heavy (non-hydrogen) atoms. The van der Waals surface area contributed by atoms with Crippen LogP contribution in [0.2, 0.25) is 5.15 Å². The number of benzene rings is 2. The smallest absolute Gasteiger partial charge is 0.260 e. The third-order valence-electron chi connectivity index (χ3n) is 9.60. The van der Waals surface area contributed by atoms with E-state index >= 15 is 0 Å². The Morgan fingerprint density at radius 1 is 0.977 bits per heavy atom. The first-order valence-corrected chi connectivity index (χ1v) is 15.9. The van der Waals surface area contributed by atoms with Crippen molar-refractivity contribution in [2.75, 3.05) is 25.0 Å². The number of carbonyl (C=O) groups excluding carboxylic acids is 1. The number of rotatable bonds is 6. The molecule has 2 aliphatic heterocycles. The van der Waals surface area contributed by atoms with Crippen molar-refractivity contribution in [3.63, 3.8) is 0 Å². The van der Waals surface area contributed by atoms with E-state index < -0.39 is 0 Å². The highest BCUT2D eigenvalue weighted by Gasteiger charge is 2.27. The molecule has 9 heteroatoms. The monoisotopic (exact) mass is 606 g/mol. The number of nitrogens with zero attached hydrogens (tertiary/aromatic N) is 6. The van der Waals surface area contributed by atoms with Gasteiger partial charge in [-0.15, -0.1) is 0 Å². The predicted molar refractivity (Wildman–Crippen MR) is 172 cm³/mol. The Kier molecular flexibility index (Phi) is 6.89. The molecule has 3 aliphatic rings. The zero-order valence-electron chi connectivity index (χ0n) is 25.1. The summed E-state index contributed by atoms with van der Waals surface area (Å²) in [7, 11) is 2.18. The third-order valence-corrected chi connectivity index (χ3v) is 9.92.